The van der Waals surface area contributed by atoms with E-state index in [1.165, 1.54) is 15.9 Å². The van der Waals surface area contributed by atoms with Gasteiger partial charge in [-0.15, -0.1) is 0 Å². The predicted octanol–water partition coefficient (Wildman–Crippen LogP) is 4.13. The minimum atomic E-state index is -1.01. The van der Waals surface area contributed by atoms with Crippen molar-refractivity contribution < 1.29 is 23.8 Å². The number of allylic oxidation sites excluding steroid dienone is 1. The number of carbonyl (C=O) groups excluding carboxylic acids is 1. The summed E-state index contributed by atoms with van der Waals surface area (Å²) in [5, 5.41) is 9.47. The van der Waals surface area contributed by atoms with E-state index in [4.69, 9.17) is 9.15 Å². The first-order chi connectivity index (χ1) is 19.6. The van der Waals surface area contributed by atoms with Gasteiger partial charge in [-0.1, -0.05) is 35.6 Å². The van der Waals surface area contributed by atoms with Crippen molar-refractivity contribution >= 4 is 35.0 Å². The van der Waals surface area contributed by atoms with Crippen LogP contribution in [0.1, 0.15) is 47.1 Å². The van der Waals surface area contributed by atoms with Crippen LogP contribution in [0.4, 0.5) is 5.69 Å². The van der Waals surface area contributed by atoms with Gasteiger partial charge in [0.1, 0.15) is 11.5 Å². The van der Waals surface area contributed by atoms with Gasteiger partial charge in [0, 0.05) is 31.4 Å². The molecular formula is C31H29N3O6S. The van der Waals surface area contributed by atoms with E-state index >= 15 is 0 Å². The number of esters is 1. The Balaban J connectivity index is 1.62. The third kappa shape index (κ3) is 5.14. The van der Waals surface area contributed by atoms with Gasteiger partial charge < -0.3 is 19.2 Å². The zero-order chi connectivity index (χ0) is 29.4. The average molecular weight is 572 g/mol. The number of fused-ring (bicyclic) bond motifs is 1. The molecule has 5 rings (SSSR count). The fourth-order valence-corrected chi connectivity index (χ4v) is 5.93. The Morgan fingerprint density at radius 1 is 1.12 bits per heavy atom. The third-order valence-electron chi connectivity index (χ3n) is 6.97. The minimum absolute atomic E-state index is 0.195. The fraction of sp³-hybridized carbons (Fsp3) is 0.226. The van der Waals surface area contributed by atoms with Gasteiger partial charge in [-0.05, 0) is 62.2 Å². The first kappa shape index (κ1) is 27.9. The lowest BCUT2D eigenvalue weighted by atomic mass is 9.95. The smallest absolute Gasteiger partial charge is 0.338 e. The molecule has 0 bridgehead atoms. The van der Waals surface area contributed by atoms with E-state index in [0.717, 1.165) is 11.3 Å². The number of rotatable bonds is 7. The second-order valence-corrected chi connectivity index (χ2v) is 10.8. The predicted molar refractivity (Wildman–Crippen MR) is 157 cm³/mol. The Bertz CT molecular complexity index is 1880. The van der Waals surface area contributed by atoms with Crippen LogP contribution in [0.5, 0.6) is 0 Å². The highest BCUT2D eigenvalue weighted by Gasteiger charge is 2.33. The molecule has 0 spiro atoms. The lowest BCUT2D eigenvalue weighted by molar-refractivity contribution is -0.139. The summed E-state index contributed by atoms with van der Waals surface area (Å²) in [6.07, 6.45) is 1.64. The van der Waals surface area contributed by atoms with E-state index in [1.54, 1.807) is 57.2 Å². The van der Waals surface area contributed by atoms with Crippen molar-refractivity contribution in [2.24, 2.45) is 4.99 Å². The van der Waals surface area contributed by atoms with Crippen molar-refractivity contribution in [2.75, 3.05) is 25.6 Å². The van der Waals surface area contributed by atoms with Gasteiger partial charge in [0.25, 0.3) is 5.56 Å². The van der Waals surface area contributed by atoms with Crippen molar-refractivity contribution in [3.63, 3.8) is 0 Å². The molecule has 4 aromatic rings. The number of thiazole rings is 1. The molecule has 41 heavy (non-hydrogen) atoms. The fourth-order valence-electron chi connectivity index (χ4n) is 4.90. The van der Waals surface area contributed by atoms with Gasteiger partial charge in [0.15, 0.2) is 4.80 Å². The van der Waals surface area contributed by atoms with Gasteiger partial charge in [-0.2, -0.15) is 0 Å². The topological polar surface area (TPSA) is 114 Å². The molecule has 0 unspecified atom stereocenters. The lowest BCUT2D eigenvalue weighted by Crippen LogP contribution is -2.39. The zero-order valence-corrected chi connectivity index (χ0v) is 24.1. The monoisotopic (exact) mass is 571 g/mol. The van der Waals surface area contributed by atoms with Crippen molar-refractivity contribution in [3.05, 3.63) is 108 Å². The van der Waals surface area contributed by atoms with E-state index < -0.39 is 18.0 Å². The highest BCUT2D eigenvalue weighted by molar-refractivity contribution is 7.07. The number of carboxylic acids is 1. The summed E-state index contributed by atoms with van der Waals surface area (Å²) in [6.45, 7) is 5.41. The molecule has 1 aliphatic rings. The van der Waals surface area contributed by atoms with Gasteiger partial charge in [0.2, 0.25) is 0 Å². The molecule has 2 aromatic heterocycles. The molecule has 0 amide bonds. The maximum absolute atomic E-state index is 13.9. The van der Waals surface area contributed by atoms with Crippen LogP contribution in [0.2, 0.25) is 0 Å². The summed E-state index contributed by atoms with van der Waals surface area (Å²) >= 11 is 1.20. The number of benzene rings is 2. The minimum Gasteiger partial charge on any atom is -0.478 e. The van der Waals surface area contributed by atoms with E-state index in [-0.39, 0.29) is 17.7 Å². The normalized spacial score (nSPS) is 15.0. The molecule has 10 heteroatoms. The number of nitrogens with zero attached hydrogens (tertiary/aromatic N) is 3. The molecule has 1 atom stereocenters. The molecule has 1 aliphatic heterocycles. The van der Waals surface area contributed by atoms with Crippen LogP contribution in [0.15, 0.2) is 80.1 Å². The molecule has 210 valence electrons. The second kappa shape index (κ2) is 11.1. The third-order valence-corrected chi connectivity index (χ3v) is 7.95. The SMILES string of the molecule is CCOC(=O)C1=C(C)N=c2s/c(=C\c3ccc(-c4cccc(C(=O)O)c4C)o3)c(=O)n2[C@H]1c1ccc(N(C)C)cc1. The van der Waals surface area contributed by atoms with Crippen molar-refractivity contribution in [1.29, 1.82) is 0 Å². The lowest BCUT2D eigenvalue weighted by Gasteiger charge is -2.25. The second-order valence-electron chi connectivity index (χ2n) is 9.77. The summed E-state index contributed by atoms with van der Waals surface area (Å²) < 4.78 is 13.3. The van der Waals surface area contributed by atoms with Gasteiger partial charge in [0.05, 0.1) is 34.0 Å². The molecule has 1 N–H and O–H groups in total. The molecule has 0 aliphatic carbocycles. The summed E-state index contributed by atoms with van der Waals surface area (Å²) in [5.41, 5.74) is 3.67. The molecule has 0 radical (unpaired) electrons. The highest BCUT2D eigenvalue weighted by Crippen LogP contribution is 2.32. The number of anilines is 1. The molecule has 0 fully saturated rings. The molecule has 3 heterocycles. The highest BCUT2D eigenvalue weighted by atomic mass is 32.1. The number of aromatic nitrogens is 1. The van der Waals surface area contributed by atoms with E-state index in [1.807, 2.05) is 43.3 Å². The maximum Gasteiger partial charge on any atom is 0.338 e. The summed E-state index contributed by atoms with van der Waals surface area (Å²) in [7, 11) is 3.88. The Kier molecular flexibility index (Phi) is 7.51. The first-order valence-electron chi connectivity index (χ1n) is 13.0. The standard InChI is InChI=1S/C31H29N3O6S/c1-6-39-30(38)26-18(3)32-31-34(27(26)19-10-12-20(13-11-19)33(4)5)28(35)25(41-31)16-21-14-15-24(40-21)22-8-7-9-23(17(22)2)29(36)37/h7-16,27H,6H2,1-5H3,(H,36,37)/b25-16-/t27-/m0/s1. The number of hydrogen-bond donors (Lipinski definition) is 1. The molecule has 9 nitrogen and oxygen atoms in total. The summed E-state index contributed by atoms with van der Waals surface area (Å²) in [6, 6.07) is 15.5. The van der Waals surface area contributed by atoms with Crippen molar-refractivity contribution in [3.8, 4) is 11.3 Å². The Morgan fingerprint density at radius 3 is 2.51 bits per heavy atom. The molecule has 0 saturated heterocycles. The number of ether oxygens (including phenoxy) is 1. The van der Waals surface area contributed by atoms with E-state index in [9.17, 15) is 19.5 Å². The maximum atomic E-state index is 13.9. The Morgan fingerprint density at radius 2 is 1.85 bits per heavy atom. The molecule has 2 aromatic carbocycles. The first-order valence-corrected chi connectivity index (χ1v) is 13.8. The van der Waals surface area contributed by atoms with Gasteiger partial charge in [-0.25, -0.2) is 14.6 Å². The Hall–Kier alpha value is -4.70. The van der Waals surface area contributed by atoms with Crippen LogP contribution in [-0.2, 0) is 9.53 Å². The van der Waals surface area contributed by atoms with Crippen LogP contribution in [-0.4, -0.2) is 42.3 Å². The molecule has 0 saturated carbocycles. The van der Waals surface area contributed by atoms with Crippen LogP contribution < -0.4 is 19.8 Å². The number of carbonyl (C=O) groups is 2. The van der Waals surface area contributed by atoms with E-state index in [2.05, 4.69) is 4.99 Å². The molecular weight excluding hydrogens is 542 g/mol. The largest absolute Gasteiger partial charge is 0.478 e. The average Bonchev–Trinajstić information content (AvgIpc) is 3.52. The Labute approximate surface area is 240 Å². The van der Waals surface area contributed by atoms with Crippen molar-refractivity contribution in [2.45, 2.75) is 26.8 Å². The van der Waals surface area contributed by atoms with E-state index in [0.29, 0.717) is 43.3 Å². The number of aromatic carboxylic acids is 1. The van der Waals surface area contributed by atoms with Crippen LogP contribution in [0, 0.1) is 6.92 Å². The number of hydrogen-bond acceptors (Lipinski definition) is 8. The van der Waals surface area contributed by atoms with Crippen LogP contribution >= 0.6 is 11.3 Å². The van der Waals surface area contributed by atoms with Gasteiger partial charge in [-0.3, -0.25) is 9.36 Å². The van der Waals surface area contributed by atoms with Gasteiger partial charge >= 0.3 is 11.9 Å². The van der Waals surface area contributed by atoms with Crippen LogP contribution in [0.3, 0.4) is 0 Å². The number of carboxylic acid groups (broad SMARTS) is 1. The number of furan rings is 1. The van der Waals surface area contributed by atoms with Crippen LogP contribution in [0.25, 0.3) is 17.4 Å². The zero-order valence-electron chi connectivity index (χ0n) is 23.3. The van der Waals surface area contributed by atoms with Crippen molar-refractivity contribution in [1.82, 2.24) is 4.57 Å². The summed E-state index contributed by atoms with van der Waals surface area (Å²) in [4.78, 5) is 45.6. The quantitative estimate of drug-likeness (QED) is 0.332. The summed E-state index contributed by atoms with van der Waals surface area (Å²) in [5.74, 6) is -0.609.